The first-order valence-corrected chi connectivity index (χ1v) is 25.1. The summed E-state index contributed by atoms with van der Waals surface area (Å²) in [6.45, 7) is 14.4. The van der Waals surface area contributed by atoms with Crippen LogP contribution in [-0.2, 0) is 18.3 Å². The highest BCUT2D eigenvalue weighted by atomic mass is 15.4. The minimum Gasteiger partial charge on any atom is -0.405 e. The number of benzene rings is 4. The summed E-state index contributed by atoms with van der Waals surface area (Å²) >= 11 is 0. The van der Waals surface area contributed by atoms with E-state index in [1.54, 1.807) is 11.8 Å². The minimum atomic E-state index is -0.145. The average Bonchev–Trinajstić information content (AvgIpc) is 3.67. The second kappa shape index (κ2) is 18.3. The number of allylic oxidation sites excluding steroid dienone is 17. The molecule has 5 unspecified atom stereocenters. The molecule has 2 N–H and O–H groups in total. The Morgan fingerprint density at radius 3 is 2.45 bits per heavy atom. The van der Waals surface area contributed by atoms with Crippen LogP contribution < -0.4 is 14.8 Å². The van der Waals surface area contributed by atoms with Crippen molar-refractivity contribution in [2.24, 2.45) is 11.7 Å². The molecule has 0 amide bonds. The standard InChI is InChI=1S/C49H45N3.C17H18/c1-4-10-35(5-2)36-15-17-37(18-16-36)38-22-26-51-27-23-48-44-30-39(19-21-43(44)46(51)31-38)42-12-6-7-13-47(42)52(48)28-24-34-14-20-41-40(11-8-9-25-50)32-49(3,33-52)45(41)29-34;1-2-3-4-7-14-12-15-8-5-6-13-9-10-16(14)17(15)11-13/h4-23,25-27,29,31-32,44,48H,1-2,24,28,30,33,50H2,3H3;2-4,7,9-12,15H,5-6,8H2,1H3/q+2;/b11-8-,25-9-,35-10+;3-2-,7-4-. The van der Waals surface area contributed by atoms with Gasteiger partial charge < -0.3 is 5.73 Å². The van der Waals surface area contributed by atoms with Gasteiger partial charge in [-0.05, 0) is 136 Å². The molecule has 5 atom stereocenters. The molecule has 3 heteroatoms. The topological polar surface area (TPSA) is 29.9 Å². The lowest BCUT2D eigenvalue weighted by Crippen LogP contribution is -2.64. The molecule has 6 bridgehead atoms. The van der Waals surface area contributed by atoms with E-state index in [9.17, 15) is 0 Å². The normalized spacial score (nSPS) is 24.6. The van der Waals surface area contributed by atoms with Crippen molar-refractivity contribution in [2.75, 3.05) is 13.1 Å². The fraction of sp³-hybridized carbons (Fsp3) is 0.197. The summed E-state index contributed by atoms with van der Waals surface area (Å²) < 4.78 is 3.27. The summed E-state index contributed by atoms with van der Waals surface area (Å²) in [5.74, 6) is 0.993. The Bertz CT molecular complexity index is 3220. The third-order valence-corrected chi connectivity index (χ3v) is 16.0. The Morgan fingerprint density at radius 2 is 1.62 bits per heavy atom. The number of para-hydroxylation sites is 1. The highest BCUT2D eigenvalue weighted by molar-refractivity contribution is 5.88. The maximum Gasteiger partial charge on any atom is 0.214 e. The molecule has 4 aromatic carbocycles. The first-order valence-electron chi connectivity index (χ1n) is 25.1. The molecular weight excluding hydrogens is 835 g/mol. The predicted octanol–water partition coefficient (Wildman–Crippen LogP) is 14.6. The van der Waals surface area contributed by atoms with Crippen molar-refractivity contribution in [1.29, 1.82) is 0 Å². The van der Waals surface area contributed by atoms with Crippen LogP contribution in [0, 0.1) is 5.92 Å². The van der Waals surface area contributed by atoms with Gasteiger partial charge in [0.2, 0.25) is 5.69 Å². The monoisotopic (exact) mass is 898 g/mol. The van der Waals surface area contributed by atoms with E-state index >= 15 is 0 Å². The fourth-order valence-corrected chi connectivity index (χ4v) is 12.8. The second-order valence-electron chi connectivity index (χ2n) is 20.1. The first-order chi connectivity index (χ1) is 33.8. The second-order valence-corrected chi connectivity index (χ2v) is 20.1. The van der Waals surface area contributed by atoms with Crippen molar-refractivity contribution in [3.05, 3.63) is 264 Å². The quantitative estimate of drug-likeness (QED) is 0.0939. The number of aromatic nitrogens is 1. The largest absolute Gasteiger partial charge is 0.405 e. The molecule has 1 spiro atoms. The molecule has 5 aromatic rings. The van der Waals surface area contributed by atoms with Crippen molar-refractivity contribution in [3.63, 3.8) is 0 Å². The van der Waals surface area contributed by atoms with E-state index in [2.05, 4.69) is 208 Å². The SMILES string of the molecule is C/C=C\C=C/C1=CC2CCCc3ccc1c2c3.C=C/C=C(\C=C)c1ccc(-c2cc[n+]3c(c2)C2=CC=C4CC2C(C=C3)[N+]2(CCc3ccc5c(c3)C(C)(C=C5/C=C\C=C/N)C2)c2ccccc24)cc1. The number of nitrogens with two attached hydrogens (primary N) is 1. The summed E-state index contributed by atoms with van der Waals surface area (Å²) in [5.41, 5.74) is 28.6. The van der Waals surface area contributed by atoms with Crippen LogP contribution in [0.5, 0.6) is 0 Å². The van der Waals surface area contributed by atoms with E-state index in [0.717, 1.165) is 41.6 Å². The summed E-state index contributed by atoms with van der Waals surface area (Å²) in [7, 11) is 0. The molecule has 1 aromatic heterocycles. The van der Waals surface area contributed by atoms with Crippen LogP contribution in [0.4, 0.5) is 5.69 Å². The lowest BCUT2D eigenvalue weighted by atomic mass is 9.77. The molecule has 69 heavy (non-hydrogen) atoms. The summed E-state index contributed by atoms with van der Waals surface area (Å²) in [5, 5.41) is 0. The van der Waals surface area contributed by atoms with Gasteiger partial charge in [0.05, 0.1) is 24.4 Å². The molecule has 0 radical (unpaired) electrons. The highest BCUT2D eigenvalue weighted by Gasteiger charge is 2.55. The Kier molecular flexibility index (Phi) is 11.7. The van der Waals surface area contributed by atoms with E-state index in [-0.39, 0.29) is 11.5 Å². The van der Waals surface area contributed by atoms with Gasteiger partial charge in [0.15, 0.2) is 12.4 Å². The number of aryl methyl sites for hydroxylation is 1. The predicted molar refractivity (Wildman–Crippen MR) is 294 cm³/mol. The van der Waals surface area contributed by atoms with Crippen molar-refractivity contribution in [2.45, 2.75) is 63.3 Å². The summed E-state index contributed by atoms with van der Waals surface area (Å²) in [6, 6.07) is 37.3. The van der Waals surface area contributed by atoms with Gasteiger partial charge in [0.25, 0.3) is 0 Å². The van der Waals surface area contributed by atoms with Gasteiger partial charge in [-0.3, -0.25) is 4.48 Å². The van der Waals surface area contributed by atoms with Crippen LogP contribution in [-0.4, -0.2) is 19.1 Å². The molecule has 0 fully saturated rings. The van der Waals surface area contributed by atoms with Crippen LogP contribution in [0.2, 0.25) is 0 Å². The number of hydrogen-bond donors (Lipinski definition) is 1. The smallest absolute Gasteiger partial charge is 0.214 e. The Labute approximate surface area is 410 Å². The summed E-state index contributed by atoms with van der Waals surface area (Å²) in [6.07, 6.45) is 45.0. The number of pyridine rings is 1. The van der Waals surface area contributed by atoms with E-state index in [1.165, 1.54) is 97.4 Å². The number of hydrogen-bond acceptors (Lipinski definition) is 1. The third kappa shape index (κ3) is 7.89. The zero-order chi connectivity index (χ0) is 47.1. The van der Waals surface area contributed by atoms with E-state index in [0.29, 0.717) is 11.8 Å². The van der Waals surface area contributed by atoms with Gasteiger partial charge >= 0.3 is 0 Å². The van der Waals surface area contributed by atoms with Crippen molar-refractivity contribution < 1.29 is 4.57 Å². The highest BCUT2D eigenvalue weighted by Crippen LogP contribution is 2.54. The molecule has 340 valence electrons. The number of fused-ring (bicyclic) bond motifs is 9. The van der Waals surface area contributed by atoms with E-state index < -0.39 is 0 Å². The lowest BCUT2D eigenvalue weighted by Gasteiger charge is -2.49. The molecule has 4 aliphatic carbocycles. The lowest BCUT2D eigenvalue weighted by molar-refractivity contribution is -0.570. The molecule has 0 saturated heterocycles. The molecule has 12 rings (SSSR count). The minimum absolute atomic E-state index is 0.145. The number of quaternary nitrogens is 1. The number of nitrogens with zero attached hydrogens (tertiary/aromatic N) is 2. The van der Waals surface area contributed by atoms with Crippen molar-refractivity contribution >= 4 is 39.8 Å². The van der Waals surface area contributed by atoms with Crippen LogP contribution in [0.15, 0.2) is 214 Å². The Hall–Kier alpha value is -7.33. The van der Waals surface area contributed by atoms with Gasteiger partial charge in [-0.25, -0.2) is 0 Å². The van der Waals surface area contributed by atoms with Crippen molar-refractivity contribution in [1.82, 2.24) is 4.48 Å². The van der Waals surface area contributed by atoms with Crippen LogP contribution in [0.1, 0.15) is 89.2 Å². The van der Waals surface area contributed by atoms with Gasteiger partial charge in [-0.15, -0.1) is 0 Å². The van der Waals surface area contributed by atoms with E-state index in [4.69, 9.17) is 5.73 Å². The van der Waals surface area contributed by atoms with Gasteiger partial charge in [0.1, 0.15) is 11.7 Å². The molecule has 4 heterocycles. The van der Waals surface area contributed by atoms with Crippen LogP contribution in [0.3, 0.4) is 0 Å². The molecule has 7 aliphatic rings. The summed E-state index contributed by atoms with van der Waals surface area (Å²) in [4.78, 5) is 0. The molecular formula is C66H63N3+2. The van der Waals surface area contributed by atoms with Gasteiger partial charge in [-0.1, -0.05) is 165 Å². The van der Waals surface area contributed by atoms with Crippen LogP contribution in [0.25, 0.3) is 45.2 Å². The Morgan fingerprint density at radius 1 is 0.812 bits per heavy atom. The van der Waals surface area contributed by atoms with Crippen LogP contribution >= 0.6 is 0 Å². The van der Waals surface area contributed by atoms with Gasteiger partial charge in [0, 0.05) is 41.7 Å². The zero-order valence-electron chi connectivity index (χ0n) is 40.2. The Balaban J connectivity index is 0.000000256. The average molecular weight is 898 g/mol. The molecule has 3 nitrogen and oxygen atoms in total. The third-order valence-electron chi connectivity index (χ3n) is 16.0. The van der Waals surface area contributed by atoms with E-state index in [1.807, 2.05) is 24.3 Å². The first kappa shape index (κ1) is 44.2. The number of rotatable bonds is 8. The maximum absolute atomic E-state index is 5.71. The van der Waals surface area contributed by atoms with Gasteiger partial charge in [-0.2, -0.15) is 4.57 Å². The van der Waals surface area contributed by atoms with Crippen molar-refractivity contribution in [3.8, 4) is 11.1 Å². The fourth-order valence-electron chi connectivity index (χ4n) is 12.8. The molecule has 0 saturated carbocycles. The zero-order valence-corrected chi connectivity index (χ0v) is 40.2. The maximum atomic E-state index is 5.71. The molecule has 3 aliphatic heterocycles.